The number of nitrogens with two attached hydrogens (primary N) is 1. The van der Waals surface area contributed by atoms with E-state index in [1.54, 1.807) is 7.05 Å². The minimum atomic E-state index is -4.25. The van der Waals surface area contributed by atoms with Gasteiger partial charge in [0.1, 0.15) is 10.7 Å². The molecule has 1 aliphatic rings. The van der Waals surface area contributed by atoms with Crippen molar-refractivity contribution in [3.8, 4) is 0 Å². The van der Waals surface area contributed by atoms with Crippen molar-refractivity contribution in [2.75, 3.05) is 7.05 Å². The Hall–Kier alpha value is -1.18. The average molecular weight is 321 g/mol. The molecule has 0 aromatic heterocycles. The Morgan fingerprint density at radius 1 is 1.45 bits per heavy atom. The third-order valence-corrected chi connectivity index (χ3v) is 4.74. The summed E-state index contributed by atoms with van der Waals surface area (Å²) in [7, 11) is -2.63. The van der Waals surface area contributed by atoms with Crippen LogP contribution in [0.5, 0.6) is 0 Å². The Kier molecular flexibility index (Phi) is 4.04. The molecule has 2 rings (SSSR count). The van der Waals surface area contributed by atoms with Gasteiger partial charge in [0, 0.05) is 13.1 Å². The SMILES string of the molecule is CN(C(=O)c1cc(S(N)(=O)=O)c(F)cc1Cl)C1CCC1. The number of primary sulfonamides is 1. The maximum Gasteiger partial charge on any atom is 0.255 e. The fourth-order valence-corrected chi connectivity index (χ4v) is 2.88. The van der Waals surface area contributed by atoms with Gasteiger partial charge < -0.3 is 4.90 Å². The monoisotopic (exact) mass is 320 g/mol. The molecular formula is C12H14ClFN2O3S. The van der Waals surface area contributed by atoms with Gasteiger partial charge in [-0.1, -0.05) is 11.6 Å². The maximum atomic E-state index is 13.6. The van der Waals surface area contributed by atoms with Crippen LogP contribution in [0, 0.1) is 5.82 Å². The van der Waals surface area contributed by atoms with Gasteiger partial charge >= 0.3 is 0 Å². The number of hydrogen-bond acceptors (Lipinski definition) is 3. The first-order valence-electron chi connectivity index (χ1n) is 6.01. The van der Waals surface area contributed by atoms with E-state index in [0.29, 0.717) is 0 Å². The van der Waals surface area contributed by atoms with E-state index in [9.17, 15) is 17.6 Å². The van der Waals surface area contributed by atoms with Gasteiger partial charge in [0.25, 0.3) is 5.91 Å². The van der Waals surface area contributed by atoms with Crippen LogP contribution < -0.4 is 5.14 Å². The highest BCUT2D eigenvalue weighted by Gasteiger charge is 2.29. The van der Waals surface area contributed by atoms with Crippen molar-refractivity contribution in [3.63, 3.8) is 0 Å². The second-order valence-electron chi connectivity index (χ2n) is 4.81. The molecule has 5 nitrogen and oxygen atoms in total. The van der Waals surface area contributed by atoms with Gasteiger partial charge in [0.15, 0.2) is 0 Å². The first kappa shape index (κ1) is 15.2. The van der Waals surface area contributed by atoms with E-state index >= 15 is 0 Å². The second-order valence-corrected chi connectivity index (χ2v) is 6.75. The number of nitrogens with zero attached hydrogens (tertiary/aromatic N) is 1. The van der Waals surface area contributed by atoms with E-state index < -0.39 is 26.6 Å². The molecule has 0 bridgehead atoms. The van der Waals surface area contributed by atoms with E-state index in [4.69, 9.17) is 16.7 Å². The van der Waals surface area contributed by atoms with Crippen molar-refractivity contribution in [2.45, 2.75) is 30.2 Å². The van der Waals surface area contributed by atoms with Crippen molar-refractivity contribution >= 4 is 27.5 Å². The Labute approximate surface area is 121 Å². The lowest BCUT2D eigenvalue weighted by molar-refractivity contribution is 0.0652. The van der Waals surface area contributed by atoms with Crippen LogP contribution >= 0.6 is 11.6 Å². The van der Waals surface area contributed by atoms with Crippen LogP contribution in [0.4, 0.5) is 4.39 Å². The first-order chi connectivity index (χ1) is 9.21. The van der Waals surface area contributed by atoms with Crippen LogP contribution in [-0.4, -0.2) is 32.3 Å². The molecule has 1 aromatic rings. The summed E-state index contributed by atoms with van der Waals surface area (Å²) in [6.07, 6.45) is 2.83. The molecule has 1 amide bonds. The number of hydrogen-bond donors (Lipinski definition) is 1. The van der Waals surface area contributed by atoms with Crippen LogP contribution in [0.1, 0.15) is 29.6 Å². The zero-order chi connectivity index (χ0) is 15.1. The van der Waals surface area contributed by atoms with Crippen LogP contribution in [0.15, 0.2) is 17.0 Å². The highest BCUT2D eigenvalue weighted by Crippen LogP contribution is 2.28. The van der Waals surface area contributed by atoms with Crippen molar-refractivity contribution in [2.24, 2.45) is 5.14 Å². The van der Waals surface area contributed by atoms with Crippen LogP contribution in [0.25, 0.3) is 0 Å². The van der Waals surface area contributed by atoms with Crippen LogP contribution in [0.3, 0.4) is 0 Å². The van der Waals surface area contributed by atoms with Gasteiger partial charge in [-0.25, -0.2) is 17.9 Å². The normalized spacial score (nSPS) is 15.8. The van der Waals surface area contributed by atoms with Gasteiger partial charge in [-0.3, -0.25) is 4.79 Å². The molecule has 1 saturated carbocycles. The number of carbonyl (C=O) groups is 1. The summed E-state index contributed by atoms with van der Waals surface area (Å²) in [5.41, 5.74) is -0.0634. The Morgan fingerprint density at radius 2 is 2.05 bits per heavy atom. The molecule has 1 aliphatic carbocycles. The number of benzene rings is 1. The van der Waals surface area contributed by atoms with Gasteiger partial charge in [0.05, 0.1) is 10.6 Å². The molecule has 20 heavy (non-hydrogen) atoms. The Balaban J connectivity index is 2.43. The number of carbonyl (C=O) groups excluding carboxylic acids is 1. The first-order valence-corrected chi connectivity index (χ1v) is 7.93. The smallest absolute Gasteiger partial charge is 0.255 e. The summed E-state index contributed by atoms with van der Waals surface area (Å²) in [5.74, 6) is -1.51. The standard InChI is InChI=1S/C12H14ClFN2O3S/c1-16(7-3-2-4-7)12(17)8-5-11(20(15,18)19)10(14)6-9(8)13/h5-7H,2-4H2,1H3,(H2,15,18,19). The number of rotatable bonds is 3. The quantitative estimate of drug-likeness (QED) is 0.921. The predicted octanol–water partition coefficient (Wildman–Crippen LogP) is 1.75. The minimum absolute atomic E-state index is 0.0634. The lowest BCUT2D eigenvalue weighted by Crippen LogP contribution is -2.41. The molecular weight excluding hydrogens is 307 g/mol. The van der Waals surface area contributed by atoms with E-state index in [2.05, 4.69) is 0 Å². The molecule has 110 valence electrons. The fourth-order valence-electron chi connectivity index (χ4n) is 2.04. The molecule has 0 heterocycles. The molecule has 0 atom stereocenters. The van der Waals surface area contributed by atoms with Crippen LogP contribution in [0.2, 0.25) is 5.02 Å². The van der Waals surface area contributed by atoms with Gasteiger partial charge in [-0.2, -0.15) is 0 Å². The van der Waals surface area contributed by atoms with E-state index in [1.807, 2.05) is 0 Å². The van der Waals surface area contributed by atoms with E-state index in [1.165, 1.54) is 4.90 Å². The van der Waals surface area contributed by atoms with Crippen molar-refractivity contribution in [3.05, 3.63) is 28.5 Å². The summed E-state index contributed by atoms with van der Waals surface area (Å²) in [4.78, 5) is 13.0. The van der Waals surface area contributed by atoms with E-state index in [-0.39, 0.29) is 16.6 Å². The predicted molar refractivity (Wildman–Crippen MR) is 72.5 cm³/mol. The summed E-state index contributed by atoms with van der Waals surface area (Å²) in [6.45, 7) is 0. The van der Waals surface area contributed by atoms with Gasteiger partial charge in [-0.05, 0) is 31.4 Å². The Bertz CT molecular complexity index is 659. The largest absolute Gasteiger partial charge is 0.339 e. The Morgan fingerprint density at radius 3 is 2.50 bits per heavy atom. The van der Waals surface area contributed by atoms with Gasteiger partial charge in [0.2, 0.25) is 10.0 Å². The highest BCUT2D eigenvalue weighted by molar-refractivity contribution is 7.89. The molecule has 0 spiro atoms. The van der Waals surface area contributed by atoms with Crippen molar-refractivity contribution in [1.29, 1.82) is 0 Å². The molecule has 8 heteroatoms. The number of sulfonamides is 1. The lowest BCUT2D eigenvalue weighted by atomic mass is 9.91. The molecule has 0 saturated heterocycles. The molecule has 0 radical (unpaired) electrons. The summed E-state index contributed by atoms with van der Waals surface area (Å²) < 4.78 is 36.1. The lowest BCUT2D eigenvalue weighted by Gasteiger charge is -2.35. The zero-order valence-corrected chi connectivity index (χ0v) is 12.3. The fraction of sp³-hybridized carbons (Fsp3) is 0.417. The molecule has 1 aromatic carbocycles. The molecule has 1 fully saturated rings. The minimum Gasteiger partial charge on any atom is -0.339 e. The third kappa shape index (κ3) is 2.79. The molecule has 0 unspecified atom stereocenters. The third-order valence-electron chi connectivity index (χ3n) is 3.50. The van der Waals surface area contributed by atoms with E-state index in [0.717, 1.165) is 31.4 Å². The zero-order valence-electron chi connectivity index (χ0n) is 10.8. The maximum absolute atomic E-state index is 13.6. The van der Waals surface area contributed by atoms with Crippen molar-refractivity contribution < 1.29 is 17.6 Å². The summed E-state index contributed by atoms with van der Waals surface area (Å²) >= 11 is 5.83. The number of amides is 1. The number of halogens is 2. The van der Waals surface area contributed by atoms with Gasteiger partial charge in [-0.15, -0.1) is 0 Å². The topological polar surface area (TPSA) is 80.5 Å². The van der Waals surface area contributed by atoms with Crippen LogP contribution in [-0.2, 0) is 10.0 Å². The molecule has 0 aliphatic heterocycles. The summed E-state index contributed by atoms with van der Waals surface area (Å²) in [6, 6.07) is 1.80. The highest BCUT2D eigenvalue weighted by atomic mass is 35.5. The summed E-state index contributed by atoms with van der Waals surface area (Å²) in [5, 5.41) is 4.78. The second kappa shape index (κ2) is 5.31. The molecule has 2 N–H and O–H groups in total. The average Bonchev–Trinajstić information content (AvgIpc) is 2.23. The van der Waals surface area contributed by atoms with Crippen molar-refractivity contribution in [1.82, 2.24) is 4.90 Å².